The van der Waals surface area contributed by atoms with Crippen LogP contribution in [0.15, 0.2) is 103 Å². The molecule has 2 aliphatic rings. The number of H-pyrrole nitrogens is 1. The fraction of sp³-hybridized carbons (Fsp3) is 0.453. The number of Topliss-reactive ketones (excluding diaryl/α,β-unsaturated/α-hetero) is 1. The van der Waals surface area contributed by atoms with Crippen LogP contribution >= 0.6 is 11.6 Å². The van der Waals surface area contributed by atoms with Crippen molar-refractivity contribution in [1.29, 1.82) is 0 Å². The number of nitrogens with one attached hydrogen (secondary N) is 5. The van der Waals surface area contributed by atoms with Crippen molar-refractivity contribution in [3.63, 3.8) is 0 Å². The Kier molecular flexibility index (Phi) is 33.1. The summed E-state index contributed by atoms with van der Waals surface area (Å²) in [4.78, 5) is 145. The van der Waals surface area contributed by atoms with Crippen LogP contribution in [0, 0.1) is 18.8 Å². The van der Waals surface area contributed by atoms with Gasteiger partial charge >= 0.3 is 24.3 Å². The number of halogens is 1. The number of aliphatic hydroxyl groups is 1. The third-order valence-electron chi connectivity index (χ3n) is 17.4. The monoisotopic (exact) mass is 1520 g/mol. The first-order chi connectivity index (χ1) is 52.2. The summed E-state index contributed by atoms with van der Waals surface area (Å²) in [6, 6.07) is 21.8. The van der Waals surface area contributed by atoms with Gasteiger partial charge in [0.15, 0.2) is 5.78 Å². The molecule has 0 aliphatic carbocycles. The fourth-order valence-electron chi connectivity index (χ4n) is 11.7. The lowest BCUT2D eigenvalue weighted by Gasteiger charge is -2.26. The number of aliphatic hydroxyl groups excluding tert-OH is 1. The number of carbonyl (C=O) groups is 10. The van der Waals surface area contributed by atoms with Gasteiger partial charge in [-0.3, -0.25) is 33.7 Å². The summed E-state index contributed by atoms with van der Waals surface area (Å²) in [7, 11) is 3.11. The number of fused-ring (bicyclic) bond motifs is 4. The topological polar surface area (TPSA) is 399 Å². The predicted molar refractivity (Wildman–Crippen MR) is 397 cm³/mol. The van der Waals surface area contributed by atoms with Crippen LogP contribution in [0.25, 0.3) is 21.8 Å². The molecule has 0 bridgehead atoms. The number of benzene rings is 4. The molecule has 8 N–H and O–H groups in total. The lowest BCUT2D eigenvalue weighted by atomic mass is 9.89. The number of aromatic amines is 1. The van der Waals surface area contributed by atoms with Crippen molar-refractivity contribution < 1.29 is 100 Å². The highest BCUT2D eigenvalue weighted by molar-refractivity contribution is 6.20. The number of imide groups is 1. The Morgan fingerprint density at radius 2 is 1.44 bits per heavy atom. The summed E-state index contributed by atoms with van der Waals surface area (Å²) in [6.45, 7) is 8.33. The third-order valence-corrected chi connectivity index (χ3v) is 17.8. The maximum atomic E-state index is 14.8. The van der Waals surface area contributed by atoms with Gasteiger partial charge in [-0.05, 0) is 96.3 Å². The van der Waals surface area contributed by atoms with Gasteiger partial charge in [-0.1, -0.05) is 44.2 Å². The number of pyridine rings is 1. The summed E-state index contributed by atoms with van der Waals surface area (Å²) in [5.74, 6) is -3.48. The second-order valence-electron chi connectivity index (χ2n) is 25.5. The van der Waals surface area contributed by atoms with E-state index < -0.39 is 77.5 Å². The van der Waals surface area contributed by atoms with E-state index in [0.29, 0.717) is 103 Å². The van der Waals surface area contributed by atoms with Crippen molar-refractivity contribution in [3.05, 3.63) is 131 Å². The maximum absolute atomic E-state index is 14.8. The van der Waals surface area contributed by atoms with E-state index in [1.165, 1.54) is 23.0 Å². The number of alkyl halides is 1. The molecule has 33 heteroatoms. The Morgan fingerprint density at radius 1 is 0.759 bits per heavy atom. The maximum Gasteiger partial charge on any atom is 0.415 e. The van der Waals surface area contributed by atoms with Crippen molar-refractivity contribution in [3.8, 4) is 11.5 Å². The highest BCUT2D eigenvalue weighted by Gasteiger charge is 2.37. The molecule has 0 spiro atoms. The minimum Gasteiger partial charge on any atom is -0.491 e. The molecule has 32 nitrogen and oxygen atoms in total. The highest BCUT2D eigenvalue weighted by atomic mass is 35.5. The number of ether oxygens (including phenoxy) is 10. The number of anilines is 3. The summed E-state index contributed by atoms with van der Waals surface area (Å²) in [6.07, 6.45) is 1.51. The molecule has 6 aromatic rings. The molecule has 0 radical (unpaired) electrons. The van der Waals surface area contributed by atoms with Crippen molar-refractivity contribution in [2.24, 2.45) is 17.6 Å². The Bertz CT molecular complexity index is 4070. The zero-order chi connectivity index (χ0) is 77.5. The molecule has 108 heavy (non-hydrogen) atoms. The Hall–Kier alpha value is -10.3. The average Bonchev–Trinajstić information content (AvgIpc) is 1.55. The average molecular weight is 1520 g/mol. The number of hydrogen-bond acceptors (Lipinski definition) is 22. The first-order valence-electron chi connectivity index (χ1n) is 35.4. The smallest absolute Gasteiger partial charge is 0.415 e. The molecule has 0 saturated heterocycles. The molecule has 0 saturated carbocycles. The molecule has 8 rings (SSSR count). The Balaban J connectivity index is 0.843. The largest absolute Gasteiger partial charge is 0.491 e. The number of aromatic nitrogens is 2. The van der Waals surface area contributed by atoms with E-state index in [-0.39, 0.29) is 128 Å². The molecule has 3 atom stereocenters. The minimum atomic E-state index is -1.04. The first-order valence-corrected chi connectivity index (χ1v) is 35.9. The van der Waals surface area contributed by atoms with Gasteiger partial charge in [-0.25, -0.2) is 24.2 Å². The number of hydrogen-bond donors (Lipinski definition) is 7. The third kappa shape index (κ3) is 24.9. The number of alkyl carbamates (subject to hydrolysis) is 1. The van der Waals surface area contributed by atoms with Crippen LogP contribution in [-0.4, -0.2) is 247 Å². The van der Waals surface area contributed by atoms with Gasteiger partial charge in [0.1, 0.15) is 42.7 Å². The van der Waals surface area contributed by atoms with E-state index in [2.05, 4.69) is 31.2 Å². The van der Waals surface area contributed by atoms with Crippen LogP contribution in [0.5, 0.6) is 11.5 Å². The van der Waals surface area contributed by atoms with Crippen LogP contribution < -0.4 is 41.4 Å². The minimum absolute atomic E-state index is 0.00147. The molecule has 0 unspecified atom stereocenters. The number of primary amides is 1. The van der Waals surface area contributed by atoms with Crippen molar-refractivity contribution >= 4 is 110 Å². The van der Waals surface area contributed by atoms with Gasteiger partial charge in [0.2, 0.25) is 5.91 Å². The number of amides is 10. The van der Waals surface area contributed by atoms with Gasteiger partial charge in [0.05, 0.1) is 109 Å². The zero-order valence-electron chi connectivity index (χ0n) is 61.1. The van der Waals surface area contributed by atoms with E-state index in [4.69, 9.17) is 64.7 Å². The van der Waals surface area contributed by atoms with Crippen LogP contribution in [0.2, 0.25) is 0 Å². The normalized spacial score (nSPS) is 13.7. The van der Waals surface area contributed by atoms with Crippen molar-refractivity contribution in [1.82, 2.24) is 35.3 Å². The van der Waals surface area contributed by atoms with Crippen molar-refractivity contribution in [2.45, 2.75) is 58.6 Å². The quantitative estimate of drug-likeness (QED) is 0.0114. The number of rotatable bonds is 45. The van der Waals surface area contributed by atoms with Crippen LogP contribution in [0.4, 0.5) is 36.2 Å². The zero-order valence-corrected chi connectivity index (χ0v) is 61.9. The second kappa shape index (κ2) is 42.9. The van der Waals surface area contributed by atoms with Gasteiger partial charge < -0.3 is 99.2 Å². The molecule has 0 fully saturated rings. The summed E-state index contributed by atoms with van der Waals surface area (Å²) in [5, 5.41) is 22.1. The van der Waals surface area contributed by atoms with Crippen LogP contribution in [0.1, 0.15) is 76.6 Å². The lowest BCUT2D eigenvalue weighted by Crippen LogP contribution is -2.46. The molecular formula is C75H94ClN11O21. The number of ketones is 1. The molecule has 582 valence electrons. The second-order valence-corrected chi connectivity index (χ2v) is 25.8. The number of likely N-dealkylation sites (N-methyl/N-ethyl adjacent to an activating group) is 1. The molecule has 4 heterocycles. The fourth-order valence-corrected chi connectivity index (χ4v) is 12.0. The Morgan fingerprint density at radius 3 is 2.13 bits per heavy atom. The van der Waals surface area contributed by atoms with E-state index in [0.717, 1.165) is 33.6 Å². The highest BCUT2D eigenvalue weighted by Crippen LogP contribution is 2.47. The molecular weight excluding hydrogens is 1430 g/mol. The van der Waals surface area contributed by atoms with Gasteiger partial charge in [0.25, 0.3) is 23.6 Å². The molecule has 10 amide bonds. The van der Waals surface area contributed by atoms with Crippen LogP contribution in [0.3, 0.4) is 0 Å². The number of urea groups is 1. The van der Waals surface area contributed by atoms with E-state index in [1.807, 2.05) is 25.1 Å². The lowest BCUT2D eigenvalue weighted by molar-refractivity contribution is -0.137. The molecule has 2 aliphatic heterocycles. The Labute approximate surface area is 629 Å². The van der Waals surface area contributed by atoms with Gasteiger partial charge in [-0.2, -0.15) is 0 Å². The number of aryl methyl sites for hydroxylation is 1. The van der Waals surface area contributed by atoms with E-state index in [9.17, 15) is 53.1 Å². The standard InChI is InChI=1S/C75H94ClN11O21/c1-48(2)67(83-73(96)106-39-37-101-28-25-86-63(90)19-20-64(86)91)61(89)42-52(9-7-21-78-72(77)95)70(93)80-55-15-11-50(12-16-55)47-107-74(97)84(4)22-23-85(24-27-100-29-26-88)75(98)108-62-43-60-66(65-49(3)8-6-10-58(62)65)54(44-76)46-87(60)71(94)59-41-53-40-56(45-79-68(53)82-59)81-69(92)51-13-17-57(18-14-51)105-38-36-104-35-34-103-33-32-102-31-30-99-5/h6,8,10-20,40-41,43,45,48,52,54,67,88H,7,9,21-39,42,44,46-47H2,1-5H3,(H,79,82)(H,80,93)(H,81,92)(H,83,96)(H3,77,78,95)/t52-,54-,67+/m1/s1. The van der Waals surface area contributed by atoms with E-state index >= 15 is 0 Å². The number of nitrogens with two attached hydrogens (primary N) is 1. The first kappa shape index (κ1) is 83.3. The van der Waals surface area contributed by atoms with Crippen molar-refractivity contribution in [2.75, 3.05) is 167 Å². The number of methoxy groups -OCH3 is 1. The van der Waals surface area contributed by atoms with Crippen LogP contribution in [-0.2, 0) is 63.7 Å². The molecule has 4 aromatic carbocycles. The number of carbonyl (C=O) groups excluding carboxylic acids is 10. The predicted octanol–water partition coefficient (Wildman–Crippen LogP) is 7.07. The van der Waals surface area contributed by atoms with Gasteiger partial charge in [0, 0.05) is 111 Å². The molecule has 2 aromatic heterocycles. The number of nitrogens with zero attached hydrogens (tertiary/aromatic N) is 5. The summed E-state index contributed by atoms with van der Waals surface area (Å²) in [5.41, 5.74) is 9.60. The summed E-state index contributed by atoms with van der Waals surface area (Å²) < 4.78 is 55.2. The SMILES string of the molecule is COCCOCCOCCOCCOc1ccc(C(=O)Nc2cnc3[nH]c(C(=O)N4C[C@@H](CCl)c5c4cc(OC(=O)N(CCOCCO)CCN(C)C(=O)OCc4ccc(NC(=O)[C@H](CCCNC(N)=O)CC(=O)[C@@H](NC(=O)OCCOCCN6C(=O)C=CC6=O)C(C)C)cc4)c4cccc(C)c54)cc3c2)cc1. The van der Waals surface area contributed by atoms with E-state index in [1.54, 1.807) is 92.6 Å². The van der Waals surface area contributed by atoms with Gasteiger partial charge in [-0.15, -0.1) is 11.6 Å². The summed E-state index contributed by atoms with van der Waals surface area (Å²) >= 11 is 6.70.